The first kappa shape index (κ1) is 21.3. The minimum absolute atomic E-state index is 0.0361. The van der Waals surface area contributed by atoms with E-state index >= 15 is 0 Å². The van der Waals surface area contributed by atoms with E-state index in [0.717, 1.165) is 29.4 Å². The average Bonchev–Trinajstić information content (AvgIpc) is 3.38. The molecule has 1 aromatic heterocycles. The Balaban J connectivity index is 1.31. The Morgan fingerprint density at radius 3 is 2.67 bits per heavy atom. The number of aromatic nitrogens is 2. The summed E-state index contributed by atoms with van der Waals surface area (Å²) in [5.41, 5.74) is 6.99. The van der Waals surface area contributed by atoms with E-state index in [-0.39, 0.29) is 17.5 Å². The fraction of sp³-hybridized carbons (Fsp3) is 0.286. The molecule has 3 aromatic carbocycles. The Bertz CT molecular complexity index is 1300. The van der Waals surface area contributed by atoms with Crippen LogP contribution in [0.1, 0.15) is 55.5 Å². The Hall–Kier alpha value is -3.60. The number of nitrogens with one attached hydrogen (secondary N) is 2. The second-order valence-electron chi connectivity index (χ2n) is 9.88. The summed E-state index contributed by atoms with van der Waals surface area (Å²) in [7, 11) is 0. The highest BCUT2D eigenvalue weighted by Gasteiger charge is 2.26. The molecule has 1 atom stereocenters. The molecule has 1 aliphatic carbocycles. The van der Waals surface area contributed by atoms with Gasteiger partial charge in [-0.1, -0.05) is 75.4 Å². The molecule has 2 N–H and O–H groups in total. The van der Waals surface area contributed by atoms with Crippen molar-refractivity contribution in [2.75, 3.05) is 5.32 Å². The fourth-order valence-corrected chi connectivity index (χ4v) is 4.65. The summed E-state index contributed by atoms with van der Waals surface area (Å²) in [5, 5.41) is 11.7. The van der Waals surface area contributed by atoms with Gasteiger partial charge in [0.25, 0.3) is 0 Å². The van der Waals surface area contributed by atoms with E-state index in [1.807, 2.05) is 47.3 Å². The SMILES string of the molecule is CC(C)(C)c1ccc2c(c1)CC[C@H]2NC(=O)Nc1cccc2c1cnn2Cc1ccccc1. The maximum Gasteiger partial charge on any atom is 0.319 e. The third-order valence-corrected chi connectivity index (χ3v) is 6.50. The molecule has 0 unspecified atom stereocenters. The standard InChI is InChI=1S/C28H30N4O/c1-28(2,3)21-13-14-22-20(16-21)12-15-25(22)31-27(33)30-24-10-7-11-26-23(24)17-29-32(26)18-19-8-5-4-6-9-19/h4-11,13-14,16-17,25H,12,15,18H2,1-3H3,(H2,30,31,33)/t25-/m1/s1. The molecular formula is C28H30N4O. The molecule has 5 rings (SSSR count). The first-order valence-corrected chi connectivity index (χ1v) is 11.6. The summed E-state index contributed by atoms with van der Waals surface area (Å²) >= 11 is 0. The highest BCUT2D eigenvalue weighted by Crippen LogP contribution is 2.34. The van der Waals surface area contributed by atoms with Crippen molar-refractivity contribution < 1.29 is 4.79 Å². The number of carbonyl (C=O) groups is 1. The minimum Gasteiger partial charge on any atom is -0.331 e. The zero-order chi connectivity index (χ0) is 23.0. The second-order valence-corrected chi connectivity index (χ2v) is 9.88. The number of aryl methyl sites for hydroxylation is 1. The maximum absolute atomic E-state index is 12.9. The van der Waals surface area contributed by atoms with Gasteiger partial charge < -0.3 is 10.6 Å². The van der Waals surface area contributed by atoms with Crippen LogP contribution in [-0.4, -0.2) is 15.8 Å². The minimum atomic E-state index is -0.184. The molecule has 0 saturated heterocycles. The number of benzene rings is 3. The number of rotatable bonds is 4. The normalized spacial score (nSPS) is 15.4. The highest BCUT2D eigenvalue weighted by molar-refractivity contribution is 6.00. The van der Waals surface area contributed by atoms with Gasteiger partial charge in [-0.15, -0.1) is 0 Å². The van der Waals surface area contributed by atoms with Crippen molar-refractivity contribution in [1.82, 2.24) is 15.1 Å². The number of amides is 2. The van der Waals surface area contributed by atoms with E-state index in [1.54, 1.807) is 0 Å². The van der Waals surface area contributed by atoms with Crippen LogP contribution < -0.4 is 10.6 Å². The van der Waals surface area contributed by atoms with Crippen LogP contribution in [0.25, 0.3) is 10.9 Å². The lowest BCUT2D eigenvalue weighted by Gasteiger charge is -2.21. The largest absolute Gasteiger partial charge is 0.331 e. The molecule has 0 spiro atoms. The molecule has 5 heteroatoms. The lowest BCUT2D eigenvalue weighted by Crippen LogP contribution is -2.31. The van der Waals surface area contributed by atoms with Crippen molar-refractivity contribution in [3.63, 3.8) is 0 Å². The number of nitrogens with zero attached hydrogens (tertiary/aromatic N) is 2. The predicted molar refractivity (Wildman–Crippen MR) is 134 cm³/mol. The van der Waals surface area contributed by atoms with Gasteiger partial charge in [0.05, 0.1) is 30.0 Å². The molecule has 5 nitrogen and oxygen atoms in total. The highest BCUT2D eigenvalue weighted by atomic mass is 16.2. The molecule has 1 aliphatic rings. The van der Waals surface area contributed by atoms with Gasteiger partial charge in [0.2, 0.25) is 0 Å². The van der Waals surface area contributed by atoms with Crippen molar-refractivity contribution in [1.29, 1.82) is 0 Å². The molecule has 1 heterocycles. The van der Waals surface area contributed by atoms with Gasteiger partial charge in [0.15, 0.2) is 0 Å². The smallest absolute Gasteiger partial charge is 0.319 e. The van der Waals surface area contributed by atoms with E-state index < -0.39 is 0 Å². The quantitative estimate of drug-likeness (QED) is 0.399. The van der Waals surface area contributed by atoms with Crippen LogP contribution in [0.3, 0.4) is 0 Å². The van der Waals surface area contributed by atoms with Crippen LogP contribution in [0.5, 0.6) is 0 Å². The molecule has 0 radical (unpaired) electrons. The fourth-order valence-electron chi connectivity index (χ4n) is 4.65. The molecular weight excluding hydrogens is 408 g/mol. The Kier molecular flexibility index (Phi) is 5.41. The Morgan fingerprint density at radius 2 is 1.88 bits per heavy atom. The third-order valence-electron chi connectivity index (χ3n) is 6.50. The Morgan fingerprint density at radius 1 is 1.06 bits per heavy atom. The molecule has 4 aromatic rings. The number of anilines is 1. The zero-order valence-electron chi connectivity index (χ0n) is 19.4. The Labute approximate surface area is 194 Å². The first-order valence-electron chi connectivity index (χ1n) is 11.6. The van der Waals surface area contributed by atoms with Crippen molar-refractivity contribution in [3.8, 4) is 0 Å². The van der Waals surface area contributed by atoms with Crippen LogP contribution in [0, 0.1) is 0 Å². The van der Waals surface area contributed by atoms with Crippen molar-refractivity contribution in [2.24, 2.45) is 0 Å². The molecule has 0 saturated carbocycles. The number of carbonyl (C=O) groups excluding carboxylic acids is 1. The molecule has 0 fully saturated rings. The summed E-state index contributed by atoms with van der Waals surface area (Å²) in [6.07, 6.45) is 3.74. The molecule has 33 heavy (non-hydrogen) atoms. The summed E-state index contributed by atoms with van der Waals surface area (Å²) in [4.78, 5) is 12.9. The summed E-state index contributed by atoms with van der Waals surface area (Å²) in [5.74, 6) is 0. The molecule has 2 amide bonds. The van der Waals surface area contributed by atoms with Gasteiger partial charge in [-0.25, -0.2) is 4.79 Å². The van der Waals surface area contributed by atoms with Crippen molar-refractivity contribution in [3.05, 3.63) is 95.2 Å². The number of fused-ring (bicyclic) bond motifs is 2. The monoisotopic (exact) mass is 438 g/mol. The second kappa shape index (κ2) is 8.39. The summed E-state index contributed by atoms with van der Waals surface area (Å²) in [6, 6.07) is 22.7. The van der Waals surface area contributed by atoms with E-state index in [0.29, 0.717) is 6.54 Å². The lowest BCUT2D eigenvalue weighted by atomic mass is 9.85. The van der Waals surface area contributed by atoms with Gasteiger partial charge in [-0.2, -0.15) is 5.10 Å². The lowest BCUT2D eigenvalue weighted by molar-refractivity contribution is 0.248. The number of urea groups is 1. The van der Waals surface area contributed by atoms with Crippen LogP contribution in [0.15, 0.2) is 72.9 Å². The first-order chi connectivity index (χ1) is 15.9. The van der Waals surface area contributed by atoms with E-state index in [1.165, 1.54) is 22.3 Å². The van der Waals surface area contributed by atoms with Crippen LogP contribution >= 0.6 is 0 Å². The maximum atomic E-state index is 12.9. The van der Waals surface area contributed by atoms with Gasteiger partial charge in [0.1, 0.15) is 0 Å². The van der Waals surface area contributed by atoms with Crippen LogP contribution in [0.2, 0.25) is 0 Å². The number of hydrogen-bond donors (Lipinski definition) is 2. The van der Waals surface area contributed by atoms with Crippen molar-refractivity contribution in [2.45, 2.75) is 51.6 Å². The predicted octanol–water partition coefficient (Wildman–Crippen LogP) is 6.19. The number of hydrogen-bond acceptors (Lipinski definition) is 2. The van der Waals surface area contributed by atoms with E-state index in [9.17, 15) is 4.79 Å². The van der Waals surface area contributed by atoms with E-state index in [4.69, 9.17) is 0 Å². The van der Waals surface area contributed by atoms with Gasteiger partial charge in [-0.3, -0.25) is 4.68 Å². The van der Waals surface area contributed by atoms with Gasteiger partial charge >= 0.3 is 6.03 Å². The third kappa shape index (κ3) is 4.36. The topological polar surface area (TPSA) is 59.0 Å². The van der Waals surface area contributed by atoms with Crippen LogP contribution in [-0.2, 0) is 18.4 Å². The van der Waals surface area contributed by atoms with Gasteiger partial charge in [-0.05, 0) is 52.6 Å². The summed E-state index contributed by atoms with van der Waals surface area (Å²) in [6.45, 7) is 7.38. The van der Waals surface area contributed by atoms with Gasteiger partial charge in [0, 0.05) is 5.39 Å². The molecule has 0 bridgehead atoms. The summed E-state index contributed by atoms with van der Waals surface area (Å²) < 4.78 is 1.97. The van der Waals surface area contributed by atoms with E-state index in [2.05, 4.69) is 66.8 Å². The zero-order valence-corrected chi connectivity index (χ0v) is 19.4. The van der Waals surface area contributed by atoms with Crippen molar-refractivity contribution >= 4 is 22.6 Å². The average molecular weight is 439 g/mol. The molecule has 0 aliphatic heterocycles. The molecule has 168 valence electrons. The van der Waals surface area contributed by atoms with Crippen LogP contribution in [0.4, 0.5) is 10.5 Å².